The highest BCUT2D eigenvalue weighted by molar-refractivity contribution is 5.95. The Labute approximate surface area is 164 Å². The minimum absolute atomic E-state index is 0.0446. The summed E-state index contributed by atoms with van der Waals surface area (Å²) in [6.45, 7) is 0. The van der Waals surface area contributed by atoms with E-state index >= 15 is 0 Å². The molecule has 136 valence electrons. The van der Waals surface area contributed by atoms with Crippen molar-refractivity contribution in [2.24, 2.45) is 11.3 Å². The molecule has 3 aliphatic rings. The van der Waals surface area contributed by atoms with Crippen molar-refractivity contribution in [1.29, 1.82) is 10.5 Å². The van der Waals surface area contributed by atoms with Gasteiger partial charge in [0, 0.05) is 17.5 Å². The zero-order chi connectivity index (χ0) is 19.3. The van der Waals surface area contributed by atoms with Crippen molar-refractivity contribution in [3.63, 3.8) is 0 Å². The summed E-state index contributed by atoms with van der Waals surface area (Å²) in [4.78, 5) is 15.5. The highest BCUT2D eigenvalue weighted by Gasteiger charge is 2.64. The van der Waals surface area contributed by atoms with Gasteiger partial charge in [-0.1, -0.05) is 60.7 Å². The van der Waals surface area contributed by atoms with Crippen LogP contribution in [0.25, 0.3) is 6.08 Å². The van der Waals surface area contributed by atoms with E-state index in [0.29, 0.717) is 0 Å². The molecule has 0 aromatic heterocycles. The number of ketones is 1. The summed E-state index contributed by atoms with van der Waals surface area (Å²) >= 11 is 0. The van der Waals surface area contributed by atoms with Crippen molar-refractivity contribution in [2.45, 2.75) is 30.8 Å². The molecule has 2 fully saturated rings. The third-order valence-corrected chi connectivity index (χ3v) is 6.35. The van der Waals surface area contributed by atoms with Crippen LogP contribution in [-0.4, -0.2) is 17.9 Å². The number of rotatable bonds is 3. The van der Waals surface area contributed by atoms with Gasteiger partial charge < -0.3 is 4.90 Å². The molecule has 0 spiro atoms. The molecule has 2 aliphatic heterocycles. The van der Waals surface area contributed by atoms with E-state index in [4.69, 9.17) is 0 Å². The Morgan fingerprint density at radius 3 is 2.36 bits per heavy atom. The van der Waals surface area contributed by atoms with Crippen molar-refractivity contribution in [3.05, 3.63) is 71.8 Å². The molecule has 1 aliphatic carbocycles. The molecule has 2 heterocycles. The molecule has 0 amide bonds. The Kier molecular flexibility index (Phi) is 3.64. The maximum atomic E-state index is 13.5. The van der Waals surface area contributed by atoms with E-state index in [9.17, 15) is 15.3 Å². The summed E-state index contributed by atoms with van der Waals surface area (Å²) in [7, 11) is 0. The Morgan fingerprint density at radius 2 is 1.68 bits per heavy atom. The number of hydrogen-bond donors (Lipinski definition) is 0. The molecule has 2 aromatic rings. The van der Waals surface area contributed by atoms with Crippen LogP contribution >= 0.6 is 0 Å². The van der Waals surface area contributed by atoms with Gasteiger partial charge in [0.25, 0.3) is 0 Å². The number of fused-ring (bicyclic) bond motifs is 3. The SMILES string of the molecule is N#CC1(C#N)[C@H](c2ccccc2)[C@H](C(=O)C2CC2)N2c3ccccc3C=C[C@H]21. The number of para-hydroxylation sites is 1. The molecule has 1 saturated carbocycles. The van der Waals surface area contributed by atoms with E-state index in [1.165, 1.54) is 0 Å². The Bertz CT molecular complexity index is 1040. The molecule has 5 rings (SSSR count). The van der Waals surface area contributed by atoms with E-state index in [1.807, 2.05) is 66.7 Å². The monoisotopic (exact) mass is 365 g/mol. The highest BCUT2D eigenvalue weighted by Crippen LogP contribution is 2.56. The number of anilines is 1. The van der Waals surface area contributed by atoms with Crippen molar-refractivity contribution in [3.8, 4) is 12.1 Å². The van der Waals surface area contributed by atoms with E-state index in [-0.39, 0.29) is 11.7 Å². The number of Topliss-reactive ketones (excluding diaryl/α,β-unsaturated/α-hetero) is 1. The number of hydrogen-bond acceptors (Lipinski definition) is 4. The number of nitrogens with zero attached hydrogens (tertiary/aromatic N) is 3. The first-order valence-electron chi connectivity index (χ1n) is 9.68. The maximum absolute atomic E-state index is 13.5. The third kappa shape index (κ3) is 2.18. The first-order chi connectivity index (χ1) is 13.7. The largest absolute Gasteiger partial charge is 0.351 e. The van der Waals surface area contributed by atoms with Gasteiger partial charge in [-0.2, -0.15) is 10.5 Å². The average molecular weight is 365 g/mol. The molecule has 1 saturated heterocycles. The predicted octanol–water partition coefficient (Wildman–Crippen LogP) is 4.07. The van der Waals surface area contributed by atoms with Crippen LogP contribution in [0.15, 0.2) is 60.7 Å². The van der Waals surface area contributed by atoms with Crippen LogP contribution in [0.4, 0.5) is 5.69 Å². The van der Waals surface area contributed by atoms with Gasteiger partial charge >= 0.3 is 0 Å². The van der Waals surface area contributed by atoms with Crippen LogP contribution < -0.4 is 4.90 Å². The number of nitriles is 2. The van der Waals surface area contributed by atoms with Crippen LogP contribution in [-0.2, 0) is 4.79 Å². The lowest BCUT2D eigenvalue weighted by Gasteiger charge is -2.35. The molecule has 4 nitrogen and oxygen atoms in total. The normalized spacial score (nSPS) is 26.6. The second-order valence-corrected chi connectivity index (χ2v) is 7.87. The molecular formula is C24H19N3O. The van der Waals surface area contributed by atoms with Gasteiger partial charge in [-0.25, -0.2) is 0 Å². The fraction of sp³-hybridized carbons (Fsp3) is 0.292. The van der Waals surface area contributed by atoms with E-state index in [2.05, 4.69) is 17.0 Å². The predicted molar refractivity (Wildman–Crippen MR) is 106 cm³/mol. The smallest absolute Gasteiger partial charge is 0.176 e. The molecule has 0 bridgehead atoms. The number of benzene rings is 2. The lowest BCUT2D eigenvalue weighted by molar-refractivity contribution is -0.121. The second kappa shape index (κ2) is 6.08. The fourth-order valence-corrected chi connectivity index (χ4v) is 4.90. The summed E-state index contributed by atoms with van der Waals surface area (Å²) in [6, 6.07) is 21.3. The maximum Gasteiger partial charge on any atom is 0.176 e. The number of carbonyl (C=O) groups is 1. The fourth-order valence-electron chi connectivity index (χ4n) is 4.90. The quantitative estimate of drug-likeness (QED) is 0.822. The third-order valence-electron chi connectivity index (χ3n) is 6.35. The second-order valence-electron chi connectivity index (χ2n) is 7.87. The minimum atomic E-state index is -1.32. The van der Waals surface area contributed by atoms with Gasteiger partial charge in [-0.05, 0) is 30.0 Å². The molecule has 4 heteroatoms. The summed E-state index contributed by atoms with van der Waals surface area (Å²) < 4.78 is 0. The van der Waals surface area contributed by atoms with E-state index in [0.717, 1.165) is 29.7 Å². The summed E-state index contributed by atoms with van der Waals surface area (Å²) in [5.74, 6) is -0.281. The van der Waals surface area contributed by atoms with E-state index < -0.39 is 23.4 Å². The van der Waals surface area contributed by atoms with Crippen molar-refractivity contribution < 1.29 is 4.79 Å². The van der Waals surface area contributed by atoms with Crippen LogP contribution in [0.3, 0.4) is 0 Å². The molecular weight excluding hydrogens is 346 g/mol. The standard InChI is InChI=1S/C24H19N3O/c25-14-24(15-26)20-13-12-16-6-4-5-9-19(16)27(20)22(23(28)18-10-11-18)21(24)17-7-2-1-3-8-17/h1-9,12-13,18,20-22H,10-11H2/t20-,21+,22+/m0/s1. The molecule has 0 N–H and O–H groups in total. The van der Waals surface area contributed by atoms with Gasteiger partial charge in [0.2, 0.25) is 0 Å². The Balaban J connectivity index is 1.77. The first kappa shape index (κ1) is 16.8. The lowest BCUT2D eigenvalue weighted by Crippen LogP contribution is -2.44. The molecule has 28 heavy (non-hydrogen) atoms. The van der Waals surface area contributed by atoms with Gasteiger partial charge in [0.1, 0.15) is 0 Å². The van der Waals surface area contributed by atoms with Crippen LogP contribution in [0.1, 0.15) is 29.9 Å². The van der Waals surface area contributed by atoms with Gasteiger partial charge in [0.15, 0.2) is 11.2 Å². The topological polar surface area (TPSA) is 67.9 Å². The summed E-state index contributed by atoms with van der Waals surface area (Å²) in [5.41, 5.74) is 1.51. The van der Waals surface area contributed by atoms with Gasteiger partial charge in [-0.15, -0.1) is 0 Å². The highest BCUT2D eigenvalue weighted by atomic mass is 16.1. The van der Waals surface area contributed by atoms with E-state index in [1.54, 1.807) is 0 Å². The molecule has 2 aromatic carbocycles. The van der Waals surface area contributed by atoms with Crippen molar-refractivity contribution in [2.75, 3.05) is 4.90 Å². The van der Waals surface area contributed by atoms with Crippen LogP contribution in [0.5, 0.6) is 0 Å². The van der Waals surface area contributed by atoms with Crippen LogP contribution in [0.2, 0.25) is 0 Å². The van der Waals surface area contributed by atoms with Gasteiger partial charge in [-0.3, -0.25) is 4.79 Å². The summed E-state index contributed by atoms with van der Waals surface area (Å²) in [6.07, 6.45) is 5.72. The Morgan fingerprint density at radius 1 is 1.00 bits per heavy atom. The Hall–Kier alpha value is -3.37. The van der Waals surface area contributed by atoms with Gasteiger partial charge in [0.05, 0.1) is 24.2 Å². The average Bonchev–Trinajstić information content (AvgIpc) is 3.56. The van der Waals surface area contributed by atoms with Crippen LogP contribution in [0, 0.1) is 34.0 Å². The number of carbonyl (C=O) groups excluding carboxylic acids is 1. The molecule has 3 atom stereocenters. The zero-order valence-corrected chi connectivity index (χ0v) is 15.3. The molecule has 0 unspecified atom stereocenters. The first-order valence-corrected chi connectivity index (χ1v) is 9.68. The van der Waals surface area contributed by atoms with Crippen molar-refractivity contribution >= 4 is 17.5 Å². The lowest BCUT2D eigenvalue weighted by atomic mass is 9.69. The minimum Gasteiger partial charge on any atom is -0.351 e. The molecule has 0 radical (unpaired) electrons. The van der Waals surface area contributed by atoms with Crippen molar-refractivity contribution in [1.82, 2.24) is 0 Å². The zero-order valence-electron chi connectivity index (χ0n) is 15.3. The summed E-state index contributed by atoms with van der Waals surface area (Å²) in [5, 5.41) is 20.5.